The minimum absolute atomic E-state index is 0.276. The van der Waals surface area contributed by atoms with Gasteiger partial charge >= 0.3 is 0 Å². The van der Waals surface area contributed by atoms with Gasteiger partial charge in [-0.1, -0.05) is 0 Å². The van der Waals surface area contributed by atoms with Crippen LogP contribution in [0.4, 0.5) is 5.69 Å². The average Bonchev–Trinajstić information content (AvgIpc) is 2.33. The Kier molecular flexibility index (Phi) is 2.80. The standard InChI is InChI=1S/C9H17N3O/c1-5-13-9-8(10)7(4)11-12(9)6(2)3/h6H,5,10H2,1-4H3. The lowest BCUT2D eigenvalue weighted by atomic mass is 10.4. The number of nitrogens with zero attached hydrogens (tertiary/aromatic N) is 2. The van der Waals surface area contributed by atoms with Crippen molar-refractivity contribution in [1.29, 1.82) is 0 Å². The summed E-state index contributed by atoms with van der Waals surface area (Å²) in [4.78, 5) is 0. The topological polar surface area (TPSA) is 53.1 Å². The van der Waals surface area contributed by atoms with E-state index in [0.717, 1.165) is 5.69 Å². The zero-order chi connectivity index (χ0) is 10.0. The van der Waals surface area contributed by atoms with E-state index in [1.54, 1.807) is 0 Å². The van der Waals surface area contributed by atoms with E-state index in [0.29, 0.717) is 18.2 Å². The zero-order valence-corrected chi connectivity index (χ0v) is 8.66. The Labute approximate surface area is 78.7 Å². The number of anilines is 1. The lowest BCUT2D eigenvalue weighted by Crippen LogP contribution is -2.07. The van der Waals surface area contributed by atoms with Gasteiger partial charge in [0.1, 0.15) is 5.69 Å². The van der Waals surface area contributed by atoms with Crippen LogP contribution in [0.25, 0.3) is 0 Å². The number of hydrogen-bond acceptors (Lipinski definition) is 3. The molecule has 0 atom stereocenters. The number of aromatic nitrogens is 2. The summed E-state index contributed by atoms with van der Waals surface area (Å²) in [6.07, 6.45) is 0. The van der Waals surface area contributed by atoms with Crippen molar-refractivity contribution < 1.29 is 4.74 Å². The van der Waals surface area contributed by atoms with Crippen molar-refractivity contribution in [1.82, 2.24) is 9.78 Å². The molecule has 0 unspecified atom stereocenters. The molecular formula is C9H17N3O. The van der Waals surface area contributed by atoms with Crippen molar-refractivity contribution in [3.63, 3.8) is 0 Å². The smallest absolute Gasteiger partial charge is 0.236 e. The molecule has 1 heterocycles. The molecule has 0 amide bonds. The Morgan fingerprint density at radius 3 is 2.62 bits per heavy atom. The Morgan fingerprint density at radius 2 is 2.15 bits per heavy atom. The van der Waals surface area contributed by atoms with Gasteiger partial charge in [-0.15, -0.1) is 0 Å². The van der Waals surface area contributed by atoms with Gasteiger partial charge in [0.15, 0.2) is 0 Å². The summed E-state index contributed by atoms with van der Waals surface area (Å²) in [5.41, 5.74) is 7.30. The predicted molar refractivity (Wildman–Crippen MR) is 52.9 cm³/mol. The van der Waals surface area contributed by atoms with Crippen molar-refractivity contribution in [3.05, 3.63) is 5.69 Å². The Balaban J connectivity index is 3.11. The highest BCUT2D eigenvalue weighted by atomic mass is 16.5. The van der Waals surface area contributed by atoms with Gasteiger partial charge < -0.3 is 10.5 Å². The normalized spacial score (nSPS) is 10.8. The third-order valence-electron chi connectivity index (χ3n) is 1.86. The summed E-state index contributed by atoms with van der Waals surface area (Å²) >= 11 is 0. The molecule has 74 valence electrons. The molecule has 1 rings (SSSR count). The summed E-state index contributed by atoms with van der Waals surface area (Å²) in [6, 6.07) is 0.276. The second-order valence-corrected chi connectivity index (χ2v) is 3.28. The van der Waals surface area contributed by atoms with Crippen LogP contribution in [-0.2, 0) is 0 Å². The maximum atomic E-state index is 5.82. The van der Waals surface area contributed by atoms with Crippen LogP contribution >= 0.6 is 0 Å². The van der Waals surface area contributed by atoms with Crippen molar-refractivity contribution in [2.24, 2.45) is 0 Å². The molecule has 0 bridgehead atoms. The largest absolute Gasteiger partial charge is 0.477 e. The lowest BCUT2D eigenvalue weighted by molar-refractivity contribution is 0.294. The van der Waals surface area contributed by atoms with Gasteiger partial charge in [0, 0.05) is 0 Å². The first kappa shape index (κ1) is 9.89. The number of ether oxygens (including phenoxy) is 1. The van der Waals surface area contributed by atoms with E-state index in [-0.39, 0.29) is 6.04 Å². The molecule has 0 aliphatic heterocycles. The van der Waals surface area contributed by atoms with Crippen LogP contribution in [0.5, 0.6) is 5.88 Å². The second kappa shape index (κ2) is 3.68. The van der Waals surface area contributed by atoms with Gasteiger partial charge in [-0.3, -0.25) is 0 Å². The van der Waals surface area contributed by atoms with Crippen LogP contribution in [0.2, 0.25) is 0 Å². The molecule has 1 aromatic heterocycles. The molecule has 13 heavy (non-hydrogen) atoms. The third kappa shape index (κ3) is 1.76. The summed E-state index contributed by atoms with van der Waals surface area (Å²) in [5, 5.41) is 4.29. The summed E-state index contributed by atoms with van der Waals surface area (Å²) in [5.74, 6) is 0.690. The molecule has 0 spiro atoms. The SMILES string of the molecule is CCOc1c(N)c(C)nn1C(C)C. The number of nitrogen functional groups attached to an aromatic ring is 1. The van der Waals surface area contributed by atoms with Gasteiger partial charge in [0.2, 0.25) is 5.88 Å². The molecule has 0 saturated carbocycles. The van der Waals surface area contributed by atoms with Crippen molar-refractivity contribution in [2.45, 2.75) is 33.7 Å². The maximum absolute atomic E-state index is 5.82. The van der Waals surface area contributed by atoms with E-state index in [2.05, 4.69) is 18.9 Å². The molecular weight excluding hydrogens is 166 g/mol. The molecule has 0 aliphatic carbocycles. The Morgan fingerprint density at radius 1 is 1.54 bits per heavy atom. The Bertz CT molecular complexity index is 291. The fourth-order valence-electron chi connectivity index (χ4n) is 1.17. The molecule has 0 aromatic carbocycles. The fraction of sp³-hybridized carbons (Fsp3) is 0.667. The summed E-state index contributed by atoms with van der Waals surface area (Å²) in [6.45, 7) is 8.54. The second-order valence-electron chi connectivity index (χ2n) is 3.28. The van der Waals surface area contributed by atoms with E-state index in [4.69, 9.17) is 10.5 Å². The van der Waals surface area contributed by atoms with Gasteiger partial charge in [0.05, 0.1) is 18.3 Å². The summed E-state index contributed by atoms with van der Waals surface area (Å²) < 4.78 is 7.24. The molecule has 1 aromatic rings. The minimum atomic E-state index is 0.276. The van der Waals surface area contributed by atoms with Gasteiger partial charge in [-0.05, 0) is 27.7 Å². The monoisotopic (exact) mass is 183 g/mol. The first-order valence-corrected chi connectivity index (χ1v) is 4.55. The van der Waals surface area contributed by atoms with Crippen molar-refractivity contribution in [2.75, 3.05) is 12.3 Å². The number of rotatable bonds is 3. The summed E-state index contributed by atoms with van der Waals surface area (Å²) in [7, 11) is 0. The van der Waals surface area contributed by atoms with Gasteiger partial charge in [-0.25, -0.2) is 4.68 Å². The van der Waals surface area contributed by atoms with Crippen LogP contribution in [0.1, 0.15) is 32.5 Å². The highest BCUT2D eigenvalue weighted by molar-refractivity contribution is 5.52. The molecule has 2 N–H and O–H groups in total. The van der Waals surface area contributed by atoms with E-state index < -0.39 is 0 Å². The quantitative estimate of drug-likeness (QED) is 0.776. The highest BCUT2D eigenvalue weighted by Crippen LogP contribution is 2.27. The molecule has 4 heteroatoms. The van der Waals surface area contributed by atoms with E-state index in [1.807, 2.05) is 18.5 Å². The van der Waals surface area contributed by atoms with E-state index in [9.17, 15) is 0 Å². The van der Waals surface area contributed by atoms with Crippen molar-refractivity contribution in [3.8, 4) is 5.88 Å². The lowest BCUT2D eigenvalue weighted by Gasteiger charge is -2.10. The number of nitrogens with two attached hydrogens (primary N) is 1. The zero-order valence-electron chi connectivity index (χ0n) is 8.66. The van der Waals surface area contributed by atoms with Crippen LogP contribution in [0, 0.1) is 6.92 Å². The molecule has 0 saturated heterocycles. The fourth-order valence-corrected chi connectivity index (χ4v) is 1.17. The van der Waals surface area contributed by atoms with Crippen molar-refractivity contribution >= 4 is 5.69 Å². The van der Waals surface area contributed by atoms with E-state index >= 15 is 0 Å². The van der Waals surface area contributed by atoms with Crippen LogP contribution in [-0.4, -0.2) is 16.4 Å². The first-order valence-electron chi connectivity index (χ1n) is 4.55. The number of hydrogen-bond donors (Lipinski definition) is 1. The molecule has 4 nitrogen and oxygen atoms in total. The van der Waals surface area contributed by atoms with E-state index in [1.165, 1.54) is 0 Å². The number of aryl methyl sites for hydroxylation is 1. The molecule has 0 aliphatic rings. The average molecular weight is 183 g/mol. The minimum Gasteiger partial charge on any atom is -0.477 e. The first-order chi connectivity index (χ1) is 6.07. The highest BCUT2D eigenvalue weighted by Gasteiger charge is 2.14. The maximum Gasteiger partial charge on any atom is 0.236 e. The van der Waals surface area contributed by atoms with Gasteiger partial charge in [0.25, 0.3) is 0 Å². The van der Waals surface area contributed by atoms with Crippen LogP contribution in [0.3, 0.4) is 0 Å². The molecule has 0 radical (unpaired) electrons. The Hall–Kier alpha value is -1.19. The van der Waals surface area contributed by atoms with Crippen LogP contribution in [0.15, 0.2) is 0 Å². The molecule has 0 fully saturated rings. The van der Waals surface area contributed by atoms with Gasteiger partial charge in [-0.2, -0.15) is 5.10 Å². The third-order valence-corrected chi connectivity index (χ3v) is 1.86. The van der Waals surface area contributed by atoms with Crippen LogP contribution < -0.4 is 10.5 Å². The predicted octanol–water partition coefficient (Wildman–Crippen LogP) is 1.75.